The summed E-state index contributed by atoms with van der Waals surface area (Å²) in [5.41, 5.74) is 0.261. The number of ether oxygens (including phenoxy) is 1. The van der Waals surface area contributed by atoms with E-state index in [1.807, 2.05) is 0 Å². The van der Waals surface area contributed by atoms with Crippen LogP contribution in [-0.4, -0.2) is 17.2 Å². The Kier molecular flexibility index (Phi) is 3.21. The second-order valence-corrected chi connectivity index (χ2v) is 5.41. The Balaban J connectivity index is 2.18. The van der Waals surface area contributed by atoms with Crippen LogP contribution in [0.2, 0.25) is 10.0 Å². The molecule has 0 spiro atoms. The fraction of sp³-hybridized carbons (Fsp3) is 0.133. The van der Waals surface area contributed by atoms with E-state index in [2.05, 4.69) is 0 Å². The van der Waals surface area contributed by atoms with E-state index in [0.717, 1.165) is 0 Å². The lowest BCUT2D eigenvalue weighted by Gasteiger charge is -2.15. The number of aliphatic carboxylic acids is 1. The van der Waals surface area contributed by atoms with Crippen molar-refractivity contribution in [3.8, 4) is 0 Å². The third kappa shape index (κ3) is 1.99. The average molecular weight is 309 g/mol. The summed E-state index contributed by atoms with van der Waals surface area (Å²) in [6, 6.07) is 14.0. The number of rotatable bonds is 3. The van der Waals surface area contributed by atoms with Gasteiger partial charge in [0, 0.05) is 15.6 Å². The van der Waals surface area contributed by atoms with E-state index in [0.29, 0.717) is 21.2 Å². The first-order chi connectivity index (χ1) is 9.55. The van der Waals surface area contributed by atoms with Crippen molar-refractivity contribution in [1.82, 2.24) is 0 Å². The van der Waals surface area contributed by atoms with Gasteiger partial charge in [0.1, 0.15) is 0 Å². The molecule has 0 saturated carbocycles. The number of carbonyl (C=O) groups is 1. The van der Waals surface area contributed by atoms with Gasteiger partial charge in [-0.15, -0.1) is 0 Å². The van der Waals surface area contributed by atoms with Gasteiger partial charge >= 0.3 is 5.97 Å². The molecule has 0 aliphatic carbocycles. The van der Waals surface area contributed by atoms with Gasteiger partial charge in [-0.25, -0.2) is 4.79 Å². The number of carboxylic acids is 1. The van der Waals surface area contributed by atoms with E-state index in [9.17, 15) is 9.90 Å². The number of hydrogen-bond acceptors (Lipinski definition) is 2. The molecule has 5 heteroatoms. The Morgan fingerprint density at radius 1 is 1.15 bits per heavy atom. The van der Waals surface area contributed by atoms with Gasteiger partial charge in [0.25, 0.3) is 0 Å². The average Bonchev–Trinajstić information content (AvgIpc) is 3.16. The lowest BCUT2D eigenvalue weighted by Crippen LogP contribution is -2.20. The summed E-state index contributed by atoms with van der Waals surface area (Å²) >= 11 is 12.2. The molecule has 1 saturated heterocycles. The van der Waals surface area contributed by atoms with E-state index in [1.54, 1.807) is 48.5 Å². The largest absolute Gasteiger partial charge is 0.479 e. The quantitative estimate of drug-likeness (QED) is 0.879. The minimum absolute atomic E-state index is 0.469. The molecule has 0 unspecified atom stereocenters. The van der Waals surface area contributed by atoms with Crippen molar-refractivity contribution in [2.24, 2.45) is 0 Å². The lowest BCUT2D eigenvalue weighted by molar-refractivity contribution is -0.138. The molecule has 1 heterocycles. The Morgan fingerprint density at radius 3 is 2.50 bits per heavy atom. The van der Waals surface area contributed by atoms with Crippen molar-refractivity contribution in [3.63, 3.8) is 0 Å². The highest BCUT2D eigenvalue weighted by molar-refractivity contribution is 6.31. The van der Waals surface area contributed by atoms with Crippen molar-refractivity contribution >= 4 is 29.2 Å². The standard InChI is InChI=1S/C15H10Cl2O3/c16-10-5-3-4-9(8-10)15(13(20-15)14(18)19)11-6-1-2-7-12(11)17/h1-8,13H,(H,18,19)/t13-,15+/m0/s1. The maximum Gasteiger partial charge on any atom is 0.336 e. The molecule has 1 aliphatic heterocycles. The van der Waals surface area contributed by atoms with Crippen LogP contribution < -0.4 is 0 Å². The Hall–Kier alpha value is -1.55. The molecular weight excluding hydrogens is 299 g/mol. The molecule has 0 radical (unpaired) electrons. The number of epoxide rings is 1. The van der Waals surface area contributed by atoms with Gasteiger partial charge in [0.2, 0.25) is 0 Å². The number of carboxylic acid groups (broad SMARTS) is 1. The monoisotopic (exact) mass is 308 g/mol. The Bertz CT molecular complexity index is 686. The molecule has 2 aromatic rings. The van der Waals surface area contributed by atoms with Crippen LogP contribution in [0.25, 0.3) is 0 Å². The summed E-state index contributed by atoms with van der Waals surface area (Å²) in [6.07, 6.45) is -0.958. The number of halogens is 2. The predicted octanol–water partition coefficient (Wildman–Crippen LogP) is 3.72. The van der Waals surface area contributed by atoms with Crippen molar-refractivity contribution in [3.05, 3.63) is 69.7 Å². The second kappa shape index (κ2) is 4.77. The highest BCUT2D eigenvalue weighted by Crippen LogP contribution is 2.53. The van der Waals surface area contributed by atoms with Crippen molar-refractivity contribution in [1.29, 1.82) is 0 Å². The predicted molar refractivity (Wildman–Crippen MR) is 76.2 cm³/mol. The van der Waals surface area contributed by atoms with Crippen LogP contribution in [0.3, 0.4) is 0 Å². The van der Waals surface area contributed by atoms with Crippen LogP contribution in [0.5, 0.6) is 0 Å². The minimum atomic E-state index is -1.06. The molecule has 2 aromatic carbocycles. The zero-order chi connectivity index (χ0) is 14.3. The van der Waals surface area contributed by atoms with E-state index >= 15 is 0 Å². The lowest BCUT2D eigenvalue weighted by atomic mass is 9.88. The fourth-order valence-corrected chi connectivity index (χ4v) is 2.90. The van der Waals surface area contributed by atoms with Crippen molar-refractivity contribution in [2.45, 2.75) is 11.7 Å². The SMILES string of the molecule is O=C(O)[C@@H]1O[C@]1(c1cccc(Cl)c1)c1ccccc1Cl. The smallest absolute Gasteiger partial charge is 0.336 e. The summed E-state index contributed by atoms with van der Waals surface area (Å²) < 4.78 is 5.53. The van der Waals surface area contributed by atoms with Crippen LogP contribution in [-0.2, 0) is 15.1 Å². The zero-order valence-electron chi connectivity index (χ0n) is 10.2. The molecular formula is C15H10Cl2O3. The topological polar surface area (TPSA) is 49.8 Å². The van der Waals surface area contributed by atoms with Crippen LogP contribution in [0, 0.1) is 0 Å². The molecule has 102 valence electrons. The molecule has 2 atom stereocenters. The molecule has 1 fully saturated rings. The summed E-state index contributed by atoms with van der Waals surface area (Å²) in [6.45, 7) is 0. The first-order valence-corrected chi connectivity index (χ1v) is 6.73. The number of hydrogen-bond donors (Lipinski definition) is 1. The molecule has 1 N–H and O–H groups in total. The highest BCUT2D eigenvalue weighted by Gasteiger charge is 2.64. The molecule has 3 nitrogen and oxygen atoms in total. The molecule has 1 aliphatic rings. The van der Waals surface area contributed by atoms with Crippen LogP contribution in [0.15, 0.2) is 48.5 Å². The molecule has 3 rings (SSSR count). The van der Waals surface area contributed by atoms with Gasteiger partial charge < -0.3 is 9.84 Å². The summed E-state index contributed by atoms with van der Waals surface area (Å²) in [5, 5.41) is 10.3. The maximum atomic E-state index is 11.3. The molecule has 0 bridgehead atoms. The van der Waals surface area contributed by atoms with E-state index in [1.165, 1.54) is 0 Å². The first kappa shape index (κ1) is 13.4. The van der Waals surface area contributed by atoms with Crippen LogP contribution in [0.4, 0.5) is 0 Å². The van der Waals surface area contributed by atoms with Crippen LogP contribution >= 0.6 is 23.2 Å². The third-order valence-electron chi connectivity index (χ3n) is 3.37. The maximum absolute atomic E-state index is 11.3. The highest BCUT2D eigenvalue weighted by atomic mass is 35.5. The number of benzene rings is 2. The zero-order valence-corrected chi connectivity index (χ0v) is 11.7. The van der Waals surface area contributed by atoms with Gasteiger partial charge in [-0.3, -0.25) is 0 Å². The van der Waals surface area contributed by atoms with Gasteiger partial charge in [0.05, 0.1) is 0 Å². The molecule has 0 amide bonds. The van der Waals surface area contributed by atoms with Crippen molar-refractivity contribution < 1.29 is 14.6 Å². The first-order valence-electron chi connectivity index (χ1n) is 5.97. The van der Waals surface area contributed by atoms with E-state index in [-0.39, 0.29) is 0 Å². The van der Waals surface area contributed by atoms with E-state index in [4.69, 9.17) is 27.9 Å². The Morgan fingerprint density at radius 2 is 1.90 bits per heavy atom. The normalized spacial score (nSPS) is 24.4. The second-order valence-electron chi connectivity index (χ2n) is 4.56. The fourth-order valence-electron chi connectivity index (χ4n) is 2.44. The molecule has 20 heavy (non-hydrogen) atoms. The van der Waals surface area contributed by atoms with Crippen molar-refractivity contribution in [2.75, 3.05) is 0 Å². The molecule has 0 aromatic heterocycles. The summed E-state index contributed by atoms with van der Waals surface area (Å²) in [5.74, 6) is -1.02. The van der Waals surface area contributed by atoms with Gasteiger partial charge in [-0.2, -0.15) is 0 Å². The summed E-state index contributed by atoms with van der Waals surface area (Å²) in [7, 11) is 0. The van der Waals surface area contributed by atoms with Gasteiger partial charge in [-0.1, -0.05) is 53.5 Å². The Labute approximate surface area is 125 Å². The van der Waals surface area contributed by atoms with Gasteiger partial charge in [0.15, 0.2) is 11.7 Å². The van der Waals surface area contributed by atoms with E-state index < -0.39 is 17.7 Å². The van der Waals surface area contributed by atoms with Crippen LogP contribution in [0.1, 0.15) is 11.1 Å². The minimum Gasteiger partial charge on any atom is -0.479 e. The van der Waals surface area contributed by atoms with Gasteiger partial charge in [-0.05, 0) is 23.8 Å². The summed E-state index contributed by atoms with van der Waals surface area (Å²) in [4.78, 5) is 11.3. The third-order valence-corrected chi connectivity index (χ3v) is 3.93.